The molecule has 1 amide bonds. The maximum atomic E-state index is 11.1. The first-order valence-corrected chi connectivity index (χ1v) is 4.27. The van der Waals surface area contributed by atoms with Crippen LogP contribution in [0.5, 0.6) is 0 Å². The van der Waals surface area contributed by atoms with Crippen LogP contribution in [-0.4, -0.2) is 31.5 Å². The van der Waals surface area contributed by atoms with Crippen molar-refractivity contribution < 1.29 is 4.79 Å². The fraction of sp³-hybridized carbons (Fsp3) is 0.333. The molecule has 76 valence electrons. The number of hydrogen-bond donors (Lipinski definition) is 2. The maximum Gasteiger partial charge on any atom is 0.239 e. The Bertz CT molecular complexity index is 326. The lowest BCUT2D eigenvalue weighted by Gasteiger charge is -2.18. The third kappa shape index (κ3) is 2.35. The van der Waals surface area contributed by atoms with Gasteiger partial charge in [-0.2, -0.15) is 0 Å². The van der Waals surface area contributed by atoms with E-state index in [1.807, 2.05) is 0 Å². The second-order valence-electron chi connectivity index (χ2n) is 2.95. The molecule has 1 aromatic heterocycles. The number of nitrogens with one attached hydrogen (secondary N) is 1. The number of carbonyl (C=O) groups excluding carboxylic acids is 1. The molecule has 0 saturated heterocycles. The summed E-state index contributed by atoms with van der Waals surface area (Å²) in [6, 6.07) is 3.51. The summed E-state index contributed by atoms with van der Waals surface area (Å²) in [7, 11) is 3.37. The van der Waals surface area contributed by atoms with E-state index in [1.165, 1.54) is 0 Å². The van der Waals surface area contributed by atoms with Crippen molar-refractivity contribution in [3.63, 3.8) is 0 Å². The second kappa shape index (κ2) is 4.45. The first kappa shape index (κ1) is 10.3. The molecule has 1 heterocycles. The first-order valence-electron chi connectivity index (χ1n) is 4.27. The van der Waals surface area contributed by atoms with Crippen LogP contribution in [0.25, 0.3) is 0 Å². The van der Waals surface area contributed by atoms with Crippen LogP contribution in [0.15, 0.2) is 18.3 Å². The number of amides is 1. The molecule has 0 saturated carbocycles. The van der Waals surface area contributed by atoms with E-state index in [9.17, 15) is 4.79 Å². The molecule has 5 nitrogen and oxygen atoms in total. The van der Waals surface area contributed by atoms with E-state index in [2.05, 4.69) is 10.3 Å². The zero-order valence-electron chi connectivity index (χ0n) is 8.32. The number of carbonyl (C=O) groups is 1. The van der Waals surface area contributed by atoms with E-state index < -0.39 is 0 Å². The molecule has 5 heteroatoms. The molecular weight excluding hydrogens is 180 g/mol. The molecule has 0 aromatic carbocycles. The summed E-state index contributed by atoms with van der Waals surface area (Å²) in [6.45, 7) is 0.248. The molecule has 0 spiro atoms. The standard InChI is InChI=1S/C9H14N4O/c1-11-8(14)6-13(2)9-7(10)4-3-5-12-9/h3-5H,6,10H2,1-2H3,(H,11,14). The Morgan fingerprint density at radius 2 is 2.43 bits per heavy atom. The third-order valence-corrected chi connectivity index (χ3v) is 1.84. The van der Waals surface area contributed by atoms with Crippen molar-refractivity contribution in [2.45, 2.75) is 0 Å². The summed E-state index contributed by atoms with van der Waals surface area (Å²) >= 11 is 0. The molecular formula is C9H14N4O. The van der Waals surface area contributed by atoms with Crippen molar-refractivity contribution >= 4 is 17.4 Å². The SMILES string of the molecule is CNC(=O)CN(C)c1ncccc1N. The Kier molecular flexibility index (Phi) is 3.28. The molecule has 0 aliphatic carbocycles. The van der Waals surface area contributed by atoms with Crippen molar-refractivity contribution in [1.82, 2.24) is 10.3 Å². The average Bonchev–Trinajstić information content (AvgIpc) is 2.18. The van der Waals surface area contributed by atoms with Gasteiger partial charge < -0.3 is 16.0 Å². The zero-order valence-corrected chi connectivity index (χ0v) is 8.32. The van der Waals surface area contributed by atoms with Crippen molar-refractivity contribution in [3.05, 3.63) is 18.3 Å². The van der Waals surface area contributed by atoms with Crippen LogP contribution in [0.3, 0.4) is 0 Å². The lowest BCUT2D eigenvalue weighted by Crippen LogP contribution is -2.33. The molecule has 0 radical (unpaired) electrons. The lowest BCUT2D eigenvalue weighted by atomic mass is 10.3. The van der Waals surface area contributed by atoms with Gasteiger partial charge in [-0.3, -0.25) is 4.79 Å². The minimum Gasteiger partial charge on any atom is -0.396 e. The van der Waals surface area contributed by atoms with Gasteiger partial charge >= 0.3 is 0 Å². The van der Waals surface area contributed by atoms with E-state index >= 15 is 0 Å². The molecule has 1 rings (SSSR count). The molecule has 1 aromatic rings. The van der Waals surface area contributed by atoms with Gasteiger partial charge in [0.2, 0.25) is 5.91 Å². The van der Waals surface area contributed by atoms with Crippen molar-refractivity contribution in [3.8, 4) is 0 Å². The van der Waals surface area contributed by atoms with Gasteiger partial charge in [-0.1, -0.05) is 0 Å². The highest BCUT2D eigenvalue weighted by atomic mass is 16.1. The van der Waals surface area contributed by atoms with Gasteiger partial charge in [-0.25, -0.2) is 4.98 Å². The molecule has 14 heavy (non-hydrogen) atoms. The lowest BCUT2D eigenvalue weighted by molar-refractivity contribution is -0.119. The van der Waals surface area contributed by atoms with Crippen LogP contribution in [-0.2, 0) is 4.79 Å². The number of nitrogen functional groups attached to an aromatic ring is 1. The number of rotatable bonds is 3. The minimum absolute atomic E-state index is 0.0717. The van der Waals surface area contributed by atoms with Crippen LogP contribution < -0.4 is 16.0 Å². The van der Waals surface area contributed by atoms with Gasteiger partial charge in [-0.05, 0) is 12.1 Å². The van der Waals surface area contributed by atoms with E-state index in [0.717, 1.165) is 0 Å². The molecule has 0 unspecified atom stereocenters. The van der Waals surface area contributed by atoms with E-state index in [1.54, 1.807) is 37.3 Å². The van der Waals surface area contributed by atoms with Gasteiger partial charge in [0.1, 0.15) is 0 Å². The Morgan fingerprint density at radius 1 is 1.71 bits per heavy atom. The van der Waals surface area contributed by atoms with Gasteiger partial charge in [0, 0.05) is 20.3 Å². The molecule has 0 fully saturated rings. The van der Waals surface area contributed by atoms with Crippen molar-refractivity contribution in [2.75, 3.05) is 31.3 Å². The largest absolute Gasteiger partial charge is 0.396 e. The summed E-state index contributed by atoms with van der Waals surface area (Å²) in [6.07, 6.45) is 1.64. The number of nitrogens with two attached hydrogens (primary N) is 1. The van der Waals surface area contributed by atoms with Crippen molar-refractivity contribution in [2.24, 2.45) is 0 Å². The quantitative estimate of drug-likeness (QED) is 0.701. The normalized spacial score (nSPS) is 9.57. The number of pyridine rings is 1. The second-order valence-corrected chi connectivity index (χ2v) is 2.95. The fourth-order valence-electron chi connectivity index (χ4n) is 1.10. The Morgan fingerprint density at radius 3 is 3.00 bits per heavy atom. The monoisotopic (exact) mass is 194 g/mol. The highest BCUT2D eigenvalue weighted by Crippen LogP contribution is 2.16. The third-order valence-electron chi connectivity index (χ3n) is 1.84. The van der Waals surface area contributed by atoms with Gasteiger partial charge in [-0.15, -0.1) is 0 Å². The van der Waals surface area contributed by atoms with E-state index in [4.69, 9.17) is 5.73 Å². The summed E-state index contributed by atoms with van der Waals surface area (Å²) in [5, 5.41) is 2.54. The number of nitrogens with zero attached hydrogens (tertiary/aromatic N) is 2. The molecule has 0 aliphatic rings. The van der Waals surface area contributed by atoms with E-state index in [-0.39, 0.29) is 12.5 Å². The average molecular weight is 194 g/mol. The predicted molar refractivity (Wildman–Crippen MR) is 56.0 cm³/mol. The van der Waals surface area contributed by atoms with Crippen LogP contribution in [0.1, 0.15) is 0 Å². The minimum atomic E-state index is -0.0717. The highest BCUT2D eigenvalue weighted by molar-refractivity contribution is 5.81. The first-order chi connectivity index (χ1) is 6.65. The summed E-state index contributed by atoms with van der Waals surface area (Å²) in [4.78, 5) is 16.9. The Labute approximate surface area is 82.9 Å². The van der Waals surface area contributed by atoms with Crippen LogP contribution >= 0.6 is 0 Å². The summed E-state index contributed by atoms with van der Waals surface area (Å²) < 4.78 is 0. The van der Waals surface area contributed by atoms with Crippen LogP contribution in [0.4, 0.5) is 11.5 Å². The van der Waals surface area contributed by atoms with Crippen molar-refractivity contribution in [1.29, 1.82) is 0 Å². The molecule has 0 bridgehead atoms. The van der Waals surface area contributed by atoms with Gasteiger partial charge in [0.05, 0.1) is 12.2 Å². The topological polar surface area (TPSA) is 71.2 Å². The zero-order chi connectivity index (χ0) is 10.6. The number of likely N-dealkylation sites (N-methyl/N-ethyl adjacent to an activating group) is 2. The number of aromatic nitrogens is 1. The fourth-order valence-corrected chi connectivity index (χ4v) is 1.10. The Hall–Kier alpha value is -1.78. The smallest absolute Gasteiger partial charge is 0.239 e. The highest BCUT2D eigenvalue weighted by Gasteiger charge is 2.08. The molecule has 3 N–H and O–H groups in total. The van der Waals surface area contributed by atoms with Gasteiger partial charge in [0.25, 0.3) is 0 Å². The van der Waals surface area contributed by atoms with Crippen LogP contribution in [0, 0.1) is 0 Å². The predicted octanol–water partition coefficient (Wildman–Crippen LogP) is -0.154. The number of hydrogen-bond acceptors (Lipinski definition) is 4. The summed E-state index contributed by atoms with van der Waals surface area (Å²) in [5.41, 5.74) is 6.27. The molecule has 0 aliphatic heterocycles. The maximum absolute atomic E-state index is 11.1. The molecule has 0 atom stereocenters. The number of anilines is 2. The Balaban J connectivity index is 2.74. The van der Waals surface area contributed by atoms with Crippen LogP contribution in [0.2, 0.25) is 0 Å². The van der Waals surface area contributed by atoms with Gasteiger partial charge in [0.15, 0.2) is 5.82 Å². The van der Waals surface area contributed by atoms with E-state index in [0.29, 0.717) is 11.5 Å². The summed E-state index contributed by atoms with van der Waals surface area (Å²) in [5.74, 6) is 0.550.